The number of nitrogen functional groups attached to an aromatic ring is 1. The molecule has 0 fully saturated rings. The van der Waals surface area contributed by atoms with Crippen molar-refractivity contribution in [1.29, 1.82) is 0 Å². The SMILES string of the molecule is Nc1nc2c(ncn2[C@@H](COCc2ccccc2)OCCCP(=O)(O)O)c(=O)[nH]1. The largest absolute Gasteiger partial charge is 0.372 e. The number of H-pyrrole nitrogens is 1. The van der Waals surface area contributed by atoms with E-state index in [0.29, 0.717) is 6.61 Å². The van der Waals surface area contributed by atoms with Crippen LogP contribution in [0.1, 0.15) is 18.2 Å². The molecule has 0 aliphatic rings. The van der Waals surface area contributed by atoms with Crippen LogP contribution < -0.4 is 11.3 Å². The van der Waals surface area contributed by atoms with Crippen LogP contribution in [-0.2, 0) is 20.6 Å². The van der Waals surface area contributed by atoms with Gasteiger partial charge < -0.3 is 25.0 Å². The lowest BCUT2D eigenvalue weighted by molar-refractivity contribution is -0.0598. The van der Waals surface area contributed by atoms with Crippen molar-refractivity contribution >= 4 is 24.7 Å². The fourth-order valence-electron chi connectivity index (χ4n) is 2.70. The van der Waals surface area contributed by atoms with E-state index in [-0.39, 0.29) is 42.9 Å². The van der Waals surface area contributed by atoms with Crippen molar-refractivity contribution in [3.05, 3.63) is 52.6 Å². The van der Waals surface area contributed by atoms with Gasteiger partial charge in [-0.15, -0.1) is 0 Å². The third-order valence-electron chi connectivity index (χ3n) is 4.04. The molecule has 0 aliphatic heterocycles. The van der Waals surface area contributed by atoms with Crippen LogP contribution >= 0.6 is 7.60 Å². The smallest absolute Gasteiger partial charge is 0.325 e. The number of nitrogens with two attached hydrogens (primary N) is 1. The van der Waals surface area contributed by atoms with Crippen LogP contribution in [0.25, 0.3) is 11.2 Å². The van der Waals surface area contributed by atoms with Crippen LogP contribution in [0.5, 0.6) is 0 Å². The van der Waals surface area contributed by atoms with Crippen molar-refractivity contribution in [1.82, 2.24) is 19.5 Å². The first-order valence-corrected chi connectivity index (χ1v) is 10.6. The molecule has 3 aromatic rings. The Morgan fingerprint density at radius 1 is 1.28 bits per heavy atom. The summed E-state index contributed by atoms with van der Waals surface area (Å²) in [5, 5.41) is 0. The molecule has 2 aromatic heterocycles. The Labute approximate surface area is 165 Å². The van der Waals surface area contributed by atoms with Gasteiger partial charge in [0.1, 0.15) is 0 Å². The normalized spacial score (nSPS) is 13.0. The molecule has 1 aromatic carbocycles. The van der Waals surface area contributed by atoms with Gasteiger partial charge in [0.25, 0.3) is 5.56 Å². The molecule has 0 bridgehead atoms. The molecule has 1 atom stereocenters. The molecular weight excluding hydrogens is 401 g/mol. The number of benzene rings is 1. The number of fused-ring (bicyclic) bond motifs is 1. The molecule has 2 heterocycles. The van der Waals surface area contributed by atoms with Crippen molar-refractivity contribution in [3.8, 4) is 0 Å². The van der Waals surface area contributed by atoms with Gasteiger partial charge in [-0.25, -0.2) is 4.98 Å². The van der Waals surface area contributed by atoms with E-state index < -0.39 is 19.4 Å². The maximum Gasteiger partial charge on any atom is 0.325 e. The number of hydrogen-bond donors (Lipinski definition) is 4. The average molecular weight is 423 g/mol. The minimum atomic E-state index is -4.10. The van der Waals surface area contributed by atoms with E-state index in [1.165, 1.54) is 10.9 Å². The maximum atomic E-state index is 12.0. The van der Waals surface area contributed by atoms with Gasteiger partial charge >= 0.3 is 7.60 Å². The Morgan fingerprint density at radius 2 is 2.03 bits per heavy atom. The van der Waals surface area contributed by atoms with Gasteiger partial charge in [0.2, 0.25) is 5.95 Å². The minimum absolute atomic E-state index is 0.0605. The molecule has 11 nitrogen and oxygen atoms in total. The number of imidazole rings is 1. The van der Waals surface area contributed by atoms with Crippen molar-refractivity contribution in [3.63, 3.8) is 0 Å². The molecule has 3 rings (SSSR count). The lowest BCUT2D eigenvalue weighted by atomic mass is 10.2. The van der Waals surface area contributed by atoms with Crippen LogP contribution in [0.3, 0.4) is 0 Å². The second-order valence-corrected chi connectivity index (χ2v) is 8.12. The summed E-state index contributed by atoms with van der Waals surface area (Å²) >= 11 is 0. The Kier molecular flexibility index (Phi) is 6.78. The summed E-state index contributed by atoms with van der Waals surface area (Å²) in [5.41, 5.74) is 6.46. The van der Waals surface area contributed by atoms with Crippen LogP contribution in [0.4, 0.5) is 5.95 Å². The predicted octanol–water partition coefficient (Wildman–Crippen LogP) is 1.00. The molecule has 0 unspecified atom stereocenters. The molecule has 0 radical (unpaired) electrons. The molecule has 0 aliphatic carbocycles. The molecular formula is C17H22N5O6P. The van der Waals surface area contributed by atoms with Gasteiger partial charge in [0, 0.05) is 6.61 Å². The van der Waals surface area contributed by atoms with E-state index in [2.05, 4.69) is 15.0 Å². The van der Waals surface area contributed by atoms with E-state index >= 15 is 0 Å². The summed E-state index contributed by atoms with van der Waals surface area (Å²) in [4.78, 5) is 40.5. The number of aromatic amines is 1. The molecule has 0 saturated heterocycles. The van der Waals surface area contributed by atoms with E-state index in [9.17, 15) is 9.36 Å². The van der Waals surface area contributed by atoms with E-state index in [1.807, 2.05) is 30.3 Å². The highest BCUT2D eigenvalue weighted by Crippen LogP contribution is 2.34. The lowest BCUT2D eigenvalue weighted by Crippen LogP contribution is -2.21. The summed E-state index contributed by atoms with van der Waals surface area (Å²) in [7, 11) is -4.10. The van der Waals surface area contributed by atoms with Gasteiger partial charge in [-0.3, -0.25) is 18.9 Å². The number of nitrogens with zero attached hydrogens (tertiary/aromatic N) is 3. The molecule has 12 heteroatoms. The van der Waals surface area contributed by atoms with E-state index in [1.54, 1.807) is 0 Å². The first-order chi connectivity index (χ1) is 13.8. The van der Waals surface area contributed by atoms with Gasteiger partial charge in [-0.05, 0) is 12.0 Å². The van der Waals surface area contributed by atoms with Crippen molar-refractivity contribution in [2.45, 2.75) is 19.3 Å². The zero-order valence-electron chi connectivity index (χ0n) is 15.5. The number of rotatable bonds is 10. The van der Waals surface area contributed by atoms with Crippen molar-refractivity contribution < 1.29 is 23.8 Å². The summed E-state index contributed by atoms with van der Waals surface area (Å²) in [5.74, 6) is -0.0605. The Bertz CT molecular complexity index is 1050. The Balaban J connectivity index is 1.75. The van der Waals surface area contributed by atoms with Crippen LogP contribution in [0, 0.1) is 0 Å². The quantitative estimate of drug-likeness (QED) is 0.275. The van der Waals surface area contributed by atoms with Gasteiger partial charge in [0.05, 0.1) is 25.7 Å². The van der Waals surface area contributed by atoms with Crippen molar-refractivity contribution in [2.24, 2.45) is 0 Å². The number of nitrogens with one attached hydrogen (secondary N) is 1. The van der Waals surface area contributed by atoms with Gasteiger partial charge in [-0.1, -0.05) is 30.3 Å². The monoisotopic (exact) mass is 423 g/mol. The molecule has 29 heavy (non-hydrogen) atoms. The third-order valence-corrected chi connectivity index (χ3v) is 4.94. The number of ether oxygens (including phenoxy) is 2. The summed E-state index contributed by atoms with van der Waals surface area (Å²) in [6, 6.07) is 9.55. The Hall–Kier alpha value is -2.56. The van der Waals surface area contributed by atoms with Crippen LogP contribution in [-0.4, -0.2) is 48.7 Å². The first-order valence-electron chi connectivity index (χ1n) is 8.83. The third kappa shape index (κ3) is 5.96. The topological polar surface area (TPSA) is 166 Å². The minimum Gasteiger partial charge on any atom is -0.372 e. The summed E-state index contributed by atoms with van der Waals surface area (Å²) in [6.45, 7) is 0.513. The highest BCUT2D eigenvalue weighted by molar-refractivity contribution is 7.51. The summed E-state index contributed by atoms with van der Waals surface area (Å²) in [6.07, 6.45) is 0.544. The Morgan fingerprint density at radius 3 is 2.76 bits per heavy atom. The number of anilines is 1. The van der Waals surface area contributed by atoms with Crippen molar-refractivity contribution in [2.75, 3.05) is 25.1 Å². The fraction of sp³-hybridized carbons (Fsp3) is 0.353. The van der Waals surface area contributed by atoms with E-state index in [4.69, 9.17) is 25.0 Å². The summed E-state index contributed by atoms with van der Waals surface area (Å²) < 4.78 is 24.0. The maximum absolute atomic E-state index is 12.0. The second kappa shape index (κ2) is 9.29. The highest BCUT2D eigenvalue weighted by Gasteiger charge is 2.19. The zero-order chi connectivity index (χ0) is 20.9. The van der Waals surface area contributed by atoms with Gasteiger partial charge in [-0.2, -0.15) is 4.98 Å². The molecule has 5 N–H and O–H groups in total. The van der Waals surface area contributed by atoms with E-state index in [0.717, 1.165) is 5.56 Å². The zero-order valence-corrected chi connectivity index (χ0v) is 16.4. The fourth-order valence-corrected chi connectivity index (χ4v) is 3.25. The molecule has 0 spiro atoms. The highest BCUT2D eigenvalue weighted by atomic mass is 31.2. The van der Waals surface area contributed by atoms with Crippen LogP contribution in [0.15, 0.2) is 41.5 Å². The standard InChI is InChI=1S/C17H22N5O6P/c18-17-20-15-14(16(23)21-17)19-11-22(15)13(28-7-4-8-29(24,25)26)10-27-9-12-5-2-1-3-6-12/h1-3,5-6,11,13H,4,7-10H2,(H2,24,25,26)(H3,18,20,21,23)/t13-/m1/s1. The predicted molar refractivity (Wildman–Crippen MR) is 105 cm³/mol. The number of aromatic nitrogens is 4. The first kappa shape index (κ1) is 21.2. The average Bonchev–Trinajstić information content (AvgIpc) is 3.08. The van der Waals surface area contributed by atoms with Gasteiger partial charge in [0.15, 0.2) is 17.4 Å². The molecule has 156 valence electrons. The van der Waals surface area contributed by atoms with Crippen LogP contribution in [0.2, 0.25) is 0 Å². The molecule has 0 amide bonds. The second-order valence-electron chi connectivity index (χ2n) is 6.34. The lowest BCUT2D eigenvalue weighted by Gasteiger charge is -2.20. The number of hydrogen-bond acceptors (Lipinski definition) is 7. The molecule has 0 saturated carbocycles.